The summed E-state index contributed by atoms with van der Waals surface area (Å²) in [5.41, 5.74) is 2.47. The van der Waals surface area contributed by atoms with E-state index in [1.54, 1.807) is 28.6 Å². The number of piperidine rings is 1. The van der Waals surface area contributed by atoms with Crippen LogP contribution < -0.4 is 4.74 Å². The van der Waals surface area contributed by atoms with Crippen LogP contribution in [0.4, 0.5) is 0 Å². The first-order chi connectivity index (χ1) is 11.4. The van der Waals surface area contributed by atoms with Crippen molar-refractivity contribution in [3.8, 4) is 5.75 Å². The highest BCUT2D eigenvalue weighted by molar-refractivity contribution is 7.89. The number of aryl methyl sites for hydroxylation is 2. The number of rotatable bonds is 4. The monoisotopic (exact) mass is 348 g/mol. The van der Waals surface area contributed by atoms with Crippen LogP contribution in [0.3, 0.4) is 0 Å². The number of aromatic nitrogens is 1. The zero-order chi connectivity index (χ0) is 17.3. The summed E-state index contributed by atoms with van der Waals surface area (Å²) in [7, 11) is -2.02. The van der Waals surface area contributed by atoms with Gasteiger partial charge in [0.25, 0.3) is 0 Å². The van der Waals surface area contributed by atoms with Crippen LogP contribution >= 0.6 is 0 Å². The smallest absolute Gasteiger partial charge is 0.246 e. The van der Waals surface area contributed by atoms with Crippen LogP contribution in [0.25, 0.3) is 0 Å². The van der Waals surface area contributed by atoms with Crippen molar-refractivity contribution in [3.63, 3.8) is 0 Å². The number of methoxy groups -OCH3 is 1. The van der Waals surface area contributed by atoms with Crippen molar-refractivity contribution in [1.29, 1.82) is 0 Å². The second-order valence-electron chi connectivity index (χ2n) is 6.27. The molecule has 0 saturated carbocycles. The van der Waals surface area contributed by atoms with Crippen LogP contribution in [0.2, 0.25) is 0 Å². The summed E-state index contributed by atoms with van der Waals surface area (Å²) in [5.74, 6) is 0.400. The van der Waals surface area contributed by atoms with Gasteiger partial charge in [-0.1, -0.05) is 12.1 Å². The van der Waals surface area contributed by atoms with Crippen LogP contribution in [-0.2, 0) is 10.0 Å². The third-order valence-corrected chi connectivity index (χ3v) is 6.74. The van der Waals surface area contributed by atoms with E-state index in [2.05, 4.69) is 30.5 Å². The van der Waals surface area contributed by atoms with Crippen molar-refractivity contribution in [3.05, 3.63) is 47.8 Å². The van der Waals surface area contributed by atoms with E-state index in [0.29, 0.717) is 24.9 Å². The van der Waals surface area contributed by atoms with Crippen molar-refractivity contribution in [2.45, 2.75) is 37.6 Å². The van der Waals surface area contributed by atoms with E-state index in [-0.39, 0.29) is 4.90 Å². The minimum Gasteiger partial charge on any atom is -0.495 e. The molecule has 0 radical (unpaired) electrons. The summed E-state index contributed by atoms with van der Waals surface area (Å²) < 4.78 is 35.0. The van der Waals surface area contributed by atoms with Gasteiger partial charge in [-0.15, -0.1) is 0 Å². The van der Waals surface area contributed by atoms with Gasteiger partial charge >= 0.3 is 0 Å². The fourth-order valence-electron chi connectivity index (χ4n) is 3.57. The molecule has 0 atom stereocenters. The Morgan fingerprint density at radius 3 is 2.17 bits per heavy atom. The molecule has 0 N–H and O–H groups in total. The quantitative estimate of drug-likeness (QED) is 0.853. The Labute approximate surface area is 143 Å². The van der Waals surface area contributed by atoms with Crippen LogP contribution in [0.5, 0.6) is 5.75 Å². The van der Waals surface area contributed by atoms with Crippen LogP contribution in [0, 0.1) is 13.8 Å². The van der Waals surface area contributed by atoms with Crippen molar-refractivity contribution >= 4 is 10.0 Å². The van der Waals surface area contributed by atoms with E-state index in [9.17, 15) is 8.42 Å². The minimum atomic E-state index is -3.52. The highest BCUT2D eigenvalue weighted by Gasteiger charge is 2.32. The van der Waals surface area contributed by atoms with Gasteiger partial charge < -0.3 is 9.30 Å². The molecule has 1 aromatic carbocycles. The van der Waals surface area contributed by atoms with Crippen molar-refractivity contribution in [2.24, 2.45) is 0 Å². The fraction of sp³-hybridized carbons (Fsp3) is 0.444. The molecular formula is C18H24N2O3S. The standard InChI is InChI=1S/C18H24N2O3S/c1-14-8-9-15(2)20(14)16-10-12-19(13-11-16)24(21,22)18-7-5-4-6-17(18)23-3/h4-9,16H,10-13H2,1-3H3. The third-order valence-electron chi connectivity index (χ3n) is 4.80. The lowest BCUT2D eigenvalue weighted by Gasteiger charge is -2.33. The van der Waals surface area contributed by atoms with E-state index in [1.165, 1.54) is 18.5 Å². The van der Waals surface area contributed by atoms with Gasteiger partial charge in [0, 0.05) is 30.5 Å². The Morgan fingerprint density at radius 1 is 1.00 bits per heavy atom. The summed E-state index contributed by atoms with van der Waals surface area (Å²) >= 11 is 0. The maximum atomic E-state index is 12.9. The SMILES string of the molecule is COc1ccccc1S(=O)(=O)N1CCC(n2c(C)ccc2C)CC1. The molecule has 1 aliphatic heterocycles. The Morgan fingerprint density at radius 2 is 1.58 bits per heavy atom. The van der Waals surface area contributed by atoms with E-state index >= 15 is 0 Å². The molecule has 1 aromatic heterocycles. The lowest BCUT2D eigenvalue weighted by molar-refractivity contribution is 0.269. The molecule has 24 heavy (non-hydrogen) atoms. The fourth-order valence-corrected chi connectivity index (χ4v) is 5.19. The molecule has 0 spiro atoms. The van der Waals surface area contributed by atoms with Crippen LogP contribution in [0.15, 0.2) is 41.3 Å². The number of benzene rings is 1. The molecule has 0 unspecified atom stereocenters. The largest absolute Gasteiger partial charge is 0.495 e. The van der Waals surface area contributed by atoms with Gasteiger partial charge in [-0.05, 0) is 51.0 Å². The van der Waals surface area contributed by atoms with Crippen molar-refractivity contribution < 1.29 is 13.2 Å². The first-order valence-corrected chi connectivity index (χ1v) is 9.66. The molecule has 0 aliphatic carbocycles. The topological polar surface area (TPSA) is 51.5 Å². The van der Waals surface area contributed by atoms with Gasteiger partial charge in [-0.2, -0.15) is 4.31 Å². The number of hydrogen-bond donors (Lipinski definition) is 0. The van der Waals surface area contributed by atoms with Gasteiger partial charge in [0.1, 0.15) is 10.6 Å². The Balaban J connectivity index is 1.79. The predicted octanol–water partition coefficient (Wildman–Crippen LogP) is 3.14. The normalized spacial score (nSPS) is 17.1. The number of hydrogen-bond acceptors (Lipinski definition) is 3. The summed E-state index contributed by atoms with van der Waals surface area (Å²) in [6.45, 7) is 5.26. The van der Waals surface area contributed by atoms with Crippen molar-refractivity contribution in [1.82, 2.24) is 8.87 Å². The second-order valence-corrected chi connectivity index (χ2v) is 8.18. The van der Waals surface area contributed by atoms with Gasteiger partial charge in [-0.25, -0.2) is 8.42 Å². The molecule has 6 heteroatoms. The second kappa shape index (κ2) is 6.61. The number of nitrogens with zero attached hydrogens (tertiary/aromatic N) is 2. The van der Waals surface area contributed by atoms with E-state index in [1.807, 2.05) is 0 Å². The number of ether oxygens (including phenoxy) is 1. The van der Waals surface area contributed by atoms with Crippen LogP contribution in [0.1, 0.15) is 30.3 Å². The summed E-state index contributed by atoms with van der Waals surface area (Å²) in [5, 5.41) is 0. The molecule has 2 aromatic rings. The molecule has 1 fully saturated rings. The molecule has 0 amide bonds. The minimum absolute atomic E-state index is 0.249. The van der Waals surface area contributed by atoms with E-state index in [4.69, 9.17) is 4.74 Å². The molecule has 5 nitrogen and oxygen atoms in total. The van der Waals surface area contributed by atoms with E-state index in [0.717, 1.165) is 12.8 Å². The Kier molecular flexibility index (Phi) is 4.69. The average Bonchev–Trinajstić information content (AvgIpc) is 2.93. The first-order valence-electron chi connectivity index (χ1n) is 8.22. The zero-order valence-corrected chi connectivity index (χ0v) is 15.2. The van der Waals surface area contributed by atoms with Gasteiger partial charge in [0.2, 0.25) is 10.0 Å². The molecule has 0 bridgehead atoms. The van der Waals surface area contributed by atoms with Gasteiger partial charge in [0.15, 0.2) is 0 Å². The lowest BCUT2D eigenvalue weighted by atomic mass is 10.1. The number of para-hydroxylation sites is 1. The highest BCUT2D eigenvalue weighted by atomic mass is 32.2. The van der Waals surface area contributed by atoms with Gasteiger partial charge in [-0.3, -0.25) is 0 Å². The van der Waals surface area contributed by atoms with Crippen LogP contribution in [-0.4, -0.2) is 37.5 Å². The molecule has 2 heterocycles. The molecule has 130 valence electrons. The van der Waals surface area contributed by atoms with Crippen molar-refractivity contribution in [2.75, 3.05) is 20.2 Å². The highest BCUT2D eigenvalue weighted by Crippen LogP contribution is 2.32. The average molecular weight is 348 g/mol. The Hall–Kier alpha value is -1.79. The summed E-state index contributed by atoms with van der Waals surface area (Å²) in [6, 6.07) is 11.4. The molecule has 1 aliphatic rings. The zero-order valence-electron chi connectivity index (χ0n) is 14.4. The third kappa shape index (κ3) is 2.96. The molecule has 1 saturated heterocycles. The first kappa shape index (κ1) is 17.0. The van der Waals surface area contributed by atoms with E-state index < -0.39 is 10.0 Å². The predicted molar refractivity (Wildman–Crippen MR) is 93.9 cm³/mol. The maximum Gasteiger partial charge on any atom is 0.246 e. The Bertz CT molecular complexity index is 799. The maximum absolute atomic E-state index is 12.9. The molecule has 3 rings (SSSR count). The number of sulfonamides is 1. The van der Waals surface area contributed by atoms with Gasteiger partial charge in [0.05, 0.1) is 7.11 Å². The lowest BCUT2D eigenvalue weighted by Crippen LogP contribution is -2.39. The summed E-state index contributed by atoms with van der Waals surface area (Å²) in [6.07, 6.45) is 1.65. The molecular weight excluding hydrogens is 324 g/mol. The summed E-state index contributed by atoms with van der Waals surface area (Å²) in [4.78, 5) is 0.249.